The molecule has 3 unspecified atom stereocenters. The third-order valence-corrected chi connectivity index (χ3v) is 4.25. The molecule has 2 nitrogen and oxygen atoms in total. The van der Waals surface area contributed by atoms with Gasteiger partial charge in [0.05, 0.1) is 13.2 Å². The molecule has 5 heteroatoms. The van der Waals surface area contributed by atoms with E-state index in [1.54, 1.807) is 33.1 Å². The van der Waals surface area contributed by atoms with Crippen LogP contribution in [0, 0.1) is 12.3 Å². The second-order valence-electron chi connectivity index (χ2n) is 5.53. The lowest BCUT2D eigenvalue weighted by Crippen LogP contribution is -2.58. The highest BCUT2D eigenvalue weighted by Crippen LogP contribution is 2.58. The summed E-state index contributed by atoms with van der Waals surface area (Å²) in [6.45, 7) is 5.27. The average Bonchev–Trinajstić information content (AvgIpc) is 2.35. The molecule has 0 spiro atoms. The number of methoxy groups -OCH3 is 1. The van der Waals surface area contributed by atoms with Crippen molar-refractivity contribution < 1.29 is 22.6 Å². The van der Waals surface area contributed by atoms with E-state index in [0.29, 0.717) is 6.42 Å². The zero-order chi connectivity index (χ0) is 15.1. The van der Waals surface area contributed by atoms with Gasteiger partial charge < -0.3 is 9.47 Å². The summed E-state index contributed by atoms with van der Waals surface area (Å²) in [6, 6.07) is 5.38. The van der Waals surface area contributed by atoms with Gasteiger partial charge in [0.15, 0.2) is 6.10 Å². The van der Waals surface area contributed by atoms with Crippen molar-refractivity contribution in [3.63, 3.8) is 0 Å². The molecule has 0 radical (unpaired) electrons. The zero-order valence-corrected chi connectivity index (χ0v) is 12.0. The Labute approximate surface area is 116 Å². The summed E-state index contributed by atoms with van der Waals surface area (Å²) in [4.78, 5) is 0. The van der Waals surface area contributed by atoms with Crippen LogP contribution in [0.2, 0.25) is 0 Å². The summed E-state index contributed by atoms with van der Waals surface area (Å²) in [7, 11) is 1.57. The molecule has 0 aromatic heterocycles. The highest BCUT2D eigenvalue weighted by molar-refractivity contribution is 5.38. The summed E-state index contributed by atoms with van der Waals surface area (Å²) < 4.78 is 49.1. The molecule has 1 aliphatic heterocycles. The van der Waals surface area contributed by atoms with E-state index >= 15 is 0 Å². The van der Waals surface area contributed by atoms with Gasteiger partial charge in [-0.2, -0.15) is 13.2 Å². The number of halogens is 3. The minimum absolute atomic E-state index is 0.410. The van der Waals surface area contributed by atoms with Crippen LogP contribution in [0.5, 0.6) is 5.75 Å². The van der Waals surface area contributed by atoms with Crippen LogP contribution in [0.25, 0.3) is 0 Å². The maximum Gasteiger partial charge on any atom is 0.415 e. The fourth-order valence-corrected chi connectivity index (χ4v) is 2.86. The molecular formula is C15H19F3O2. The molecule has 0 aliphatic carbocycles. The van der Waals surface area contributed by atoms with E-state index in [9.17, 15) is 13.2 Å². The molecule has 1 aromatic rings. The predicted octanol–water partition coefficient (Wildman–Crippen LogP) is 4.42. The minimum atomic E-state index is -4.32. The Balaban J connectivity index is 2.29. The smallest absolute Gasteiger partial charge is 0.415 e. The van der Waals surface area contributed by atoms with E-state index in [-0.39, 0.29) is 0 Å². The fourth-order valence-electron chi connectivity index (χ4n) is 2.86. The Kier molecular flexibility index (Phi) is 3.75. The van der Waals surface area contributed by atoms with Crippen LogP contribution in [0.1, 0.15) is 37.5 Å². The monoisotopic (exact) mass is 288 g/mol. The largest absolute Gasteiger partial charge is 0.496 e. The number of aryl methyl sites for hydroxylation is 1. The Morgan fingerprint density at radius 3 is 2.45 bits per heavy atom. The van der Waals surface area contributed by atoms with Crippen LogP contribution in [0.15, 0.2) is 18.2 Å². The van der Waals surface area contributed by atoms with Crippen molar-refractivity contribution >= 4 is 0 Å². The lowest BCUT2D eigenvalue weighted by Gasteiger charge is -2.54. The van der Waals surface area contributed by atoms with Crippen molar-refractivity contribution in [1.82, 2.24) is 0 Å². The summed E-state index contributed by atoms with van der Waals surface area (Å²) in [6.07, 6.45) is -6.12. The molecule has 0 bridgehead atoms. The topological polar surface area (TPSA) is 18.5 Å². The molecule has 0 saturated carbocycles. The van der Waals surface area contributed by atoms with E-state index < -0.39 is 23.8 Å². The van der Waals surface area contributed by atoms with Gasteiger partial charge in [-0.1, -0.05) is 19.9 Å². The van der Waals surface area contributed by atoms with Crippen LogP contribution in [0.3, 0.4) is 0 Å². The Bertz CT molecular complexity index is 498. The van der Waals surface area contributed by atoms with E-state index in [0.717, 1.165) is 16.9 Å². The number of hydrogen-bond acceptors (Lipinski definition) is 2. The lowest BCUT2D eigenvalue weighted by molar-refractivity contribution is -0.357. The van der Waals surface area contributed by atoms with Gasteiger partial charge >= 0.3 is 6.18 Å². The van der Waals surface area contributed by atoms with Gasteiger partial charge in [-0.3, -0.25) is 0 Å². The van der Waals surface area contributed by atoms with Gasteiger partial charge in [-0.15, -0.1) is 0 Å². The summed E-state index contributed by atoms with van der Waals surface area (Å²) in [5, 5.41) is 0. The van der Waals surface area contributed by atoms with E-state index in [1.807, 2.05) is 13.0 Å². The maximum absolute atomic E-state index is 12.9. The molecule has 1 heterocycles. The molecule has 1 aromatic carbocycles. The highest BCUT2D eigenvalue weighted by Gasteiger charge is 2.63. The summed E-state index contributed by atoms with van der Waals surface area (Å²) >= 11 is 0. The van der Waals surface area contributed by atoms with Crippen molar-refractivity contribution in [1.29, 1.82) is 0 Å². The molecule has 2 rings (SSSR count). The van der Waals surface area contributed by atoms with E-state index in [1.165, 1.54) is 0 Å². The Hall–Kier alpha value is -1.23. The third kappa shape index (κ3) is 2.28. The van der Waals surface area contributed by atoms with Crippen molar-refractivity contribution in [3.05, 3.63) is 29.3 Å². The number of ether oxygens (including phenoxy) is 2. The zero-order valence-electron chi connectivity index (χ0n) is 12.0. The average molecular weight is 288 g/mol. The van der Waals surface area contributed by atoms with Crippen molar-refractivity contribution in [3.8, 4) is 5.75 Å². The first-order chi connectivity index (χ1) is 9.24. The first-order valence-electron chi connectivity index (χ1n) is 6.60. The molecule has 112 valence electrons. The molecule has 1 aliphatic rings. The number of hydrogen-bond donors (Lipinski definition) is 0. The second-order valence-corrected chi connectivity index (χ2v) is 5.53. The predicted molar refractivity (Wildman–Crippen MR) is 69.8 cm³/mol. The van der Waals surface area contributed by atoms with Crippen LogP contribution in [-0.4, -0.2) is 19.4 Å². The standard InChI is InChI=1S/C15H19F3O2/c1-5-14(3)12(20-13(14)15(16,17)18)10-6-7-11(19-4)9(2)8-10/h6-8,12-13H,5H2,1-4H3. The van der Waals surface area contributed by atoms with Crippen molar-refractivity contribution in [2.24, 2.45) is 5.41 Å². The van der Waals surface area contributed by atoms with Gasteiger partial charge in [0.2, 0.25) is 0 Å². The first-order valence-corrected chi connectivity index (χ1v) is 6.60. The van der Waals surface area contributed by atoms with E-state index in [4.69, 9.17) is 9.47 Å². The van der Waals surface area contributed by atoms with Gasteiger partial charge in [0, 0.05) is 5.41 Å². The maximum atomic E-state index is 12.9. The summed E-state index contributed by atoms with van der Waals surface area (Å²) in [5.74, 6) is 0.721. The number of rotatable bonds is 3. The van der Waals surface area contributed by atoms with Gasteiger partial charge in [-0.05, 0) is 36.6 Å². The molecule has 20 heavy (non-hydrogen) atoms. The number of alkyl halides is 3. The number of benzene rings is 1. The van der Waals surface area contributed by atoms with Crippen molar-refractivity contribution in [2.75, 3.05) is 7.11 Å². The summed E-state index contributed by atoms with van der Waals surface area (Å²) in [5.41, 5.74) is 0.745. The quantitative estimate of drug-likeness (QED) is 0.819. The third-order valence-electron chi connectivity index (χ3n) is 4.25. The molecule has 0 N–H and O–H groups in total. The first kappa shape index (κ1) is 15.2. The van der Waals surface area contributed by atoms with Gasteiger partial charge in [0.1, 0.15) is 5.75 Å². The molecule has 0 amide bonds. The van der Waals surface area contributed by atoms with Crippen LogP contribution in [-0.2, 0) is 4.74 Å². The minimum Gasteiger partial charge on any atom is -0.496 e. The Morgan fingerprint density at radius 1 is 1.35 bits per heavy atom. The molecule has 1 saturated heterocycles. The van der Waals surface area contributed by atoms with Crippen LogP contribution in [0.4, 0.5) is 13.2 Å². The Morgan fingerprint density at radius 2 is 2.00 bits per heavy atom. The fraction of sp³-hybridized carbons (Fsp3) is 0.600. The molecule has 1 fully saturated rings. The molecule has 3 atom stereocenters. The highest BCUT2D eigenvalue weighted by atomic mass is 19.4. The second kappa shape index (κ2) is 4.95. The molecular weight excluding hydrogens is 269 g/mol. The van der Waals surface area contributed by atoms with Gasteiger partial charge in [0.25, 0.3) is 0 Å². The van der Waals surface area contributed by atoms with Gasteiger partial charge in [-0.25, -0.2) is 0 Å². The lowest BCUT2D eigenvalue weighted by atomic mass is 9.68. The van der Waals surface area contributed by atoms with Crippen LogP contribution >= 0.6 is 0 Å². The SMILES string of the molecule is CCC1(C)C(c2ccc(OC)c(C)c2)OC1C(F)(F)F. The normalized spacial score (nSPS) is 29.9. The van der Waals surface area contributed by atoms with E-state index in [2.05, 4.69) is 0 Å². The van der Waals surface area contributed by atoms with Crippen LogP contribution < -0.4 is 4.74 Å². The van der Waals surface area contributed by atoms with Crippen molar-refractivity contribution in [2.45, 2.75) is 45.6 Å².